The first-order valence-electron chi connectivity index (χ1n) is 7.89. The SMILES string of the molecule is O=C(Nc1cncc(-c2ccccc2)c1)NC1CCCCC1. The Morgan fingerprint density at radius 3 is 2.55 bits per heavy atom. The molecule has 1 aliphatic rings. The number of amides is 2. The number of pyridine rings is 1. The van der Waals surface area contributed by atoms with Crippen LogP contribution in [-0.4, -0.2) is 17.1 Å². The van der Waals surface area contributed by atoms with Gasteiger partial charge in [-0.25, -0.2) is 4.79 Å². The van der Waals surface area contributed by atoms with Crippen molar-refractivity contribution < 1.29 is 4.79 Å². The summed E-state index contributed by atoms with van der Waals surface area (Å²) >= 11 is 0. The van der Waals surface area contributed by atoms with Gasteiger partial charge in [-0.05, 0) is 24.5 Å². The molecule has 1 aliphatic carbocycles. The highest BCUT2D eigenvalue weighted by molar-refractivity contribution is 5.90. The summed E-state index contributed by atoms with van der Waals surface area (Å²) in [7, 11) is 0. The van der Waals surface area contributed by atoms with Crippen LogP contribution in [0, 0.1) is 0 Å². The van der Waals surface area contributed by atoms with Crippen LogP contribution in [-0.2, 0) is 0 Å². The van der Waals surface area contributed by atoms with E-state index in [1.54, 1.807) is 12.4 Å². The average Bonchev–Trinajstić information content (AvgIpc) is 2.57. The molecule has 0 spiro atoms. The third-order valence-electron chi connectivity index (χ3n) is 4.04. The zero-order valence-electron chi connectivity index (χ0n) is 12.6. The summed E-state index contributed by atoms with van der Waals surface area (Å²) < 4.78 is 0. The number of urea groups is 1. The van der Waals surface area contributed by atoms with Gasteiger partial charge in [0, 0.05) is 17.8 Å². The Morgan fingerprint density at radius 1 is 1.00 bits per heavy atom. The molecule has 1 saturated carbocycles. The van der Waals surface area contributed by atoms with Gasteiger partial charge in [0.05, 0.1) is 11.9 Å². The van der Waals surface area contributed by atoms with Crippen molar-refractivity contribution in [2.24, 2.45) is 0 Å². The third-order valence-corrected chi connectivity index (χ3v) is 4.04. The second-order valence-electron chi connectivity index (χ2n) is 5.76. The first-order valence-corrected chi connectivity index (χ1v) is 7.89. The van der Waals surface area contributed by atoms with Gasteiger partial charge in [0.2, 0.25) is 0 Å². The quantitative estimate of drug-likeness (QED) is 0.891. The highest BCUT2D eigenvalue weighted by Gasteiger charge is 2.15. The summed E-state index contributed by atoms with van der Waals surface area (Å²) in [4.78, 5) is 16.3. The summed E-state index contributed by atoms with van der Waals surface area (Å²) in [6, 6.07) is 12.1. The molecule has 4 nitrogen and oxygen atoms in total. The summed E-state index contributed by atoms with van der Waals surface area (Å²) in [5, 5.41) is 5.94. The molecule has 2 aromatic rings. The van der Waals surface area contributed by atoms with E-state index in [1.165, 1.54) is 19.3 Å². The van der Waals surface area contributed by atoms with E-state index in [2.05, 4.69) is 15.6 Å². The fourth-order valence-electron chi connectivity index (χ4n) is 2.90. The predicted molar refractivity (Wildman–Crippen MR) is 88.7 cm³/mol. The highest BCUT2D eigenvalue weighted by Crippen LogP contribution is 2.21. The van der Waals surface area contributed by atoms with Crippen LogP contribution in [0.25, 0.3) is 11.1 Å². The molecular formula is C18H21N3O. The number of carbonyl (C=O) groups is 1. The fourth-order valence-corrected chi connectivity index (χ4v) is 2.90. The molecule has 114 valence electrons. The molecule has 2 N–H and O–H groups in total. The lowest BCUT2D eigenvalue weighted by molar-refractivity contribution is 0.244. The molecule has 2 amide bonds. The van der Waals surface area contributed by atoms with E-state index < -0.39 is 0 Å². The van der Waals surface area contributed by atoms with E-state index in [0.717, 1.165) is 29.7 Å². The molecular weight excluding hydrogens is 274 g/mol. The van der Waals surface area contributed by atoms with E-state index in [9.17, 15) is 4.79 Å². The molecule has 22 heavy (non-hydrogen) atoms. The Balaban J connectivity index is 1.64. The van der Waals surface area contributed by atoms with Crippen molar-refractivity contribution in [2.75, 3.05) is 5.32 Å². The Kier molecular flexibility index (Phi) is 4.68. The number of hydrogen-bond acceptors (Lipinski definition) is 2. The van der Waals surface area contributed by atoms with Gasteiger partial charge >= 0.3 is 6.03 Å². The molecule has 0 bridgehead atoms. The van der Waals surface area contributed by atoms with Gasteiger partial charge in [-0.1, -0.05) is 49.6 Å². The lowest BCUT2D eigenvalue weighted by atomic mass is 9.96. The number of nitrogens with one attached hydrogen (secondary N) is 2. The molecule has 1 fully saturated rings. The normalized spacial score (nSPS) is 15.3. The second-order valence-corrected chi connectivity index (χ2v) is 5.76. The average molecular weight is 295 g/mol. The Hall–Kier alpha value is -2.36. The van der Waals surface area contributed by atoms with Crippen molar-refractivity contribution in [1.82, 2.24) is 10.3 Å². The maximum atomic E-state index is 12.1. The topological polar surface area (TPSA) is 54.0 Å². The van der Waals surface area contributed by atoms with Crippen molar-refractivity contribution in [3.63, 3.8) is 0 Å². The van der Waals surface area contributed by atoms with Crippen molar-refractivity contribution >= 4 is 11.7 Å². The van der Waals surface area contributed by atoms with Crippen LogP contribution < -0.4 is 10.6 Å². The predicted octanol–water partition coefficient (Wildman–Crippen LogP) is 4.20. The Labute approximate surface area is 131 Å². The molecule has 3 rings (SSSR count). The van der Waals surface area contributed by atoms with Crippen molar-refractivity contribution in [3.8, 4) is 11.1 Å². The van der Waals surface area contributed by atoms with Crippen LogP contribution in [0.3, 0.4) is 0 Å². The zero-order valence-corrected chi connectivity index (χ0v) is 12.6. The molecule has 0 radical (unpaired) electrons. The van der Waals surface area contributed by atoms with E-state index in [1.807, 2.05) is 36.4 Å². The maximum Gasteiger partial charge on any atom is 0.319 e. The molecule has 0 saturated heterocycles. The van der Waals surface area contributed by atoms with Gasteiger partial charge in [-0.2, -0.15) is 0 Å². The highest BCUT2D eigenvalue weighted by atomic mass is 16.2. The second kappa shape index (κ2) is 7.07. The molecule has 0 atom stereocenters. The summed E-state index contributed by atoms with van der Waals surface area (Å²) in [5.41, 5.74) is 2.80. The summed E-state index contributed by atoms with van der Waals surface area (Å²) in [6.07, 6.45) is 9.33. The van der Waals surface area contributed by atoms with Gasteiger partial charge in [0.15, 0.2) is 0 Å². The largest absolute Gasteiger partial charge is 0.335 e. The van der Waals surface area contributed by atoms with Gasteiger partial charge in [0.1, 0.15) is 0 Å². The minimum atomic E-state index is -0.140. The molecule has 4 heteroatoms. The van der Waals surface area contributed by atoms with Crippen LogP contribution in [0.15, 0.2) is 48.8 Å². The summed E-state index contributed by atoms with van der Waals surface area (Å²) in [5.74, 6) is 0. The minimum Gasteiger partial charge on any atom is -0.335 e. The number of carbonyl (C=O) groups excluding carboxylic acids is 1. The van der Waals surface area contributed by atoms with E-state index in [0.29, 0.717) is 6.04 Å². The number of nitrogens with zero attached hydrogens (tertiary/aromatic N) is 1. The monoisotopic (exact) mass is 295 g/mol. The molecule has 0 aliphatic heterocycles. The van der Waals surface area contributed by atoms with E-state index in [4.69, 9.17) is 0 Å². The fraction of sp³-hybridized carbons (Fsp3) is 0.333. The van der Waals surface area contributed by atoms with Gasteiger partial charge in [0.25, 0.3) is 0 Å². The standard InChI is InChI=1S/C18H21N3O/c22-18(20-16-9-5-2-6-10-16)21-17-11-15(12-19-13-17)14-7-3-1-4-8-14/h1,3-4,7-8,11-13,16H,2,5-6,9-10H2,(H2,20,21,22). The van der Waals surface area contributed by atoms with Gasteiger partial charge in [-0.15, -0.1) is 0 Å². The molecule has 1 aromatic heterocycles. The van der Waals surface area contributed by atoms with Crippen molar-refractivity contribution in [1.29, 1.82) is 0 Å². The minimum absolute atomic E-state index is 0.140. The van der Waals surface area contributed by atoms with Crippen molar-refractivity contribution in [2.45, 2.75) is 38.1 Å². The molecule has 1 aromatic carbocycles. The van der Waals surface area contributed by atoms with Gasteiger partial charge in [-0.3, -0.25) is 4.98 Å². The zero-order chi connectivity index (χ0) is 15.2. The van der Waals surface area contributed by atoms with Crippen LogP contribution >= 0.6 is 0 Å². The lowest BCUT2D eigenvalue weighted by Crippen LogP contribution is -2.39. The first-order chi connectivity index (χ1) is 10.8. The van der Waals surface area contributed by atoms with Crippen LogP contribution in [0.1, 0.15) is 32.1 Å². The lowest BCUT2D eigenvalue weighted by Gasteiger charge is -2.22. The smallest absolute Gasteiger partial charge is 0.319 e. The maximum absolute atomic E-state index is 12.1. The van der Waals surface area contributed by atoms with Crippen molar-refractivity contribution in [3.05, 3.63) is 48.8 Å². The van der Waals surface area contributed by atoms with Crippen LogP contribution in [0.5, 0.6) is 0 Å². The Bertz CT molecular complexity index is 621. The van der Waals surface area contributed by atoms with Crippen LogP contribution in [0.4, 0.5) is 10.5 Å². The first kappa shape index (κ1) is 14.6. The number of benzene rings is 1. The van der Waals surface area contributed by atoms with E-state index in [-0.39, 0.29) is 6.03 Å². The molecule has 0 unspecified atom stereocenters. The van der Waals surface area contributed by atoms with E-state index >= 15 is 0 Å². The Morgan fingerprint density at radius 2 is 1.77 bits per heavy atom. The number of aromatic nitrogens is 1. The number of hydrogen-bond donors (Lipinski definition) is 2. The number of rotatable bonds is 3. The summed E-state index contributed by atoms with van der Waals surface area (Å²) in [6.45, 7) is 0. The molecule has 1 heterocycles. The van der Waals surface area contributed by atoms with Gasteiger partial charge < -0.3 is 10.6 Å². The van der Waals surface area contributed by atoms with Crippen LogP contribution in [0.2, 0.25) is 0 Å². The number of anilines is 1. The third kappa shape index (κ3) is 3.85.